The summed E-state index contributed by atoms with van der Waals surface area (Å²) in [5, 5.41) is 2.80. The molecule has 2 saturated heterocycles. The monoisotopic (exact) mass is 288 g/mol. The Kier molecular flexibility index (Phi) is 4.01. The summed E-state index contributed by atoms with van der Waals surface area (Å²) in [5.41, 5.74) is 8.59. The van der Waals surface area contributed by atoms with Crippen LogP contribution in [0, 0.1) is 0 Å². The Morgan fingerprint density at radius 2 is 2.24 bits per heavy atom. The maximum Gasteiger partial charge on any atom is 0.251 e. The first-order valence-corrected chi connectivity index (χ1v) is 7.85. The van der Waals surface area contributed by atoms with Gasteiger partial charge in [0, 0.05) is 37.8 Å². The van der Waals surface area contributed by atoms with Gasteiger partial charge in [-0.15, -0.1) is 0 Å². The molecule has 1 aromatic carbocycles. The number of fused-ring (bicyclic) bond motifs is 1. The fourth-order valence-corrected chi connectivity index (χ4v) is 3.46. The predicted molar refractivity (Wildman–Crippen MR) is 85.7 cm³/mol. The van der Waals surface area contributed by atoms with Crippen LogP contribution >= 0.6 is 0 Å². The van der Waals surface area contributed by atoms with Crippen LogP contribution in [0.5, 0.6) is 0 Å². The van der Waals surface area contributed by atoms with E-state index in [-0.39, 0.29) is 5.91 Å². The van der Waals surface area contributed by atoms with Crippen LogP contribution in [-0.2, 0) is 0 Å². The minimum atomic E-state index is -0.0589. The van der Waals surface area contributed by atoms with E-state index in [4.69, 9.17) is 5.73 Å². The molecule has 5 nitrogen and oxygen atoms in total. The number of rotatable bonds is 3. The zero-order valence-corrected chi connectivity index (χ0v) is 12.6. The third-order valence-corrected chi connectivity index (χ3v) is 4.56. The molecule has 1 amide bonds. The number of nitrogens with two attached hydrogens (primary N) is 1. The SMILES string of the molecule is CCNC(=O)c1ccc(N2CCN3CCCC3C2)c(N)c1. The van der Waals surface area contributed by atoms with Crippen molar-refractivity contribution in [2.24, 2.45) is 0 Å². The normalized spacial score (nSPS) is 22.1. The zero-order valence-electron chi connectivity index (χ0n) is 12.6. The fraction of sp³-hybridized carbons (Fsp3) is 0.562. The van der Waals surface area contributed by atoms with E-state index in [0.29, 0.717) is 23.8 Å². The van der Waals surface area contributed by atoms with Crippen molar-refractivity contribution < 1.29 is 4.79 Å². The lowest BCUT2D eigenvalue weighted by Crippen LogP contribution is -2.50. The van der Waals surface area contributed by atoms with E-state index in [1.165, 1.54) is 19.4 Å². The number of piperazine rings is 1. The molecule has 114 valence electrons. The van der Waals surface area contributed by atoms with Crippen molar-refractivity contribution in [2.75, 3.05) is 43.4 Å². The van der Waals surface area contributed by atoms with E-state index < -0.39 is 0 Å². The van der Waals surface area contributed by atoms with Gasteiger partial charge in [-0.05, 0) is 44.5 Å². The topological polar surface area (TPSA) is 61.6 Å². The third kappa shape index (κ3) is 2.83. The number of carbonyl (C=O) groups is 1. The van der Waals surface area contributed by atoms with Crippen LogP contribution in [0.3, 0.4) is 0 Å². The van der Waals surface area contributed by atoms with Gasteiger partial charge in [-0.1, -0.05) is 0 Å². The second-order valence-electron chi connectivity index (χ2n) is 5.91. The Morgan fingerprint density at radius 1 is 1.38 bits per heavy atom. The van der Waals surface area contributed by atoms with E-state index in [1.54, 1.807) is 6.07 Å². The summed E-state index contributed by atoms with van der Waals surface area (Å²) in [7, 11) is 0. The lowest BCUT2D eigenvalue weighted by Gasteiger charge is -2.39. The number of benzene rings is 1. The van der Waals surface area contributed by atoms with Crippen LogP contribution in [0.4, 0.5) is 11.4 Å². The Hall–Kier alpha value is -1.75. The van der Waals surface area contributed by atoms with E-state index in [2.05, 4.69) is 15.1 Å². The van der Waals surface area contributed by atoms with Gasteiger partial charge in [0.15, 0.2) is 0 Å². The van der Waals surface area contributed by atoms with E-state index in [9.17, 15) is 4.79 Å². The van der Waals surface area contributed by atoms with Crippen molar-refractivity contribution in [1.29, 1.82) is 0 Å². The molecule has 0 bridgehead atoms. The van der Waals surface area contributed by atoms with E-state index >= 15 is 0 Å². The van der Waals surface area contributed by atoms with Crippen molar-refractivity contribution in [2.45, 2.75) is 25.8 Å². The van der Waals surface area contributed by atoms with Crippen LogP contribution in [0.2, 0.25) is 0 Å². The first-order valence-electron chi connectivity index (χ1n) is 7.85. The molecule has 3 N–H and O–H groups in total. The summed E-state index contributed by atoms with van der Waals surface area (Å²) in [6.45, 7) is 6.96. The van der Waals surface area contributed by atoms with Crippen molar-refractivity contribution in [3.8, 4) is 0 Å². The number of nitrogens with one attached hydrogen (secondary N) is 1. The first-order chi connectivity index (χ1) is 10.2. The Bertz CT molecular complexity index is 531. The summed E-state index contributed by atoms with van der Waals surface area (Å²) >= 11 is 0. The van der Waals surface area contributed by atoms with Crippen LogP contribution in [0.15, 0.2) is 18.2 Å². The molecule has 2 aliphatic heterocycles. The minimum Gasteiger partial charge on any atom is -0.397 e. The molecule has 0 saturated carbocycles. The van der Waals surface area contributed by atoms with Crippen LogP contribution in [0.25, 0.3) is 0 Å². The molecule has 0 aliphatic carbocycles. The average Bonchev–Trinajstić information content (AvgIpc) is 2.94. The molecule has 21 heavy (non-hydrogen) atoms. The van der Waals surface area contributed by atoms with Gasteiger partial charge in [-0.25, -0.2) is 0 Å². The molecule has 3 rings (SSSR count). The van der Waals surface area contributed by atoms with Crippen LogP contribution in [0.1, 0.15) is 30.1 Å². The number of nitrogens with zero attached hydrogens (tertiary/aromatic N) is 2. The maximum absolute atomic E-state index is 11.8. The van der Waals surface area contributed by atoms with Gasteiger partial charge in [0.25, 0.3) is 5.91 Å². The van der Waals surface area contributed by atoms with Gasteiger partial charge in [0.05, 0.1) is 11.4 Å². The predicted octanol–water partition coefficient (Wildman–Crippen LogP) is 1.30. The number of anilines is 2. The Morgan fingerprint density at radius 3 is 3.00 bits per heavy atom. The standard InChI is InChI=1S/C16H24N4O/c1-2-18-16(21)12-5-6-15(14(17)10-12)20-9-8-19-7-3-4-13(19)11-20/h5-6,10,13H,2-4,7-9,11,17H2,1H3,(H,18,21). The summed E-state index contributed by atoms with van der Waals surface area (Å²) in [6.07, 6.45) is 2.59. The lowest BCUT2D eigenvalue weighted by atomic mass is 10.1. The Labute approximate surface area is 126 Å². The van der Waals surface area contributed by atoms with Crippen molar-refractivity contribution >= 4 is 17.3 Å². The highest BCUT2D eigenvalue weighted by Gasteiger charge is 2.31. The first kappa shape index (κ1) is 14.2. The van der Waals surface area contributed by atoms with Crippen molar-refractivity contribution in [3.63, 3.8) is 0 Å². The lowest BCUT2D eigenvalue weighted by molar-refractivity contribution is 0.0956. The van der Waals surface area contributed by atoms with Gasteiger partial charge < -0.3 is 16.0 Å². The molecule has 0 aromatic heterocycles. The summed E-state index contributed by atoms with van der Waals surface area (Å²) < 4.78 is 0. The van der Waals surface area contributed by atoms with Crippen molar-refractivity contribution in [3.05, 3.63) is 23.8 Å². The highest BCUT2D eigenvalue weighted by Crippen LogP contribution is 2.29. The van der Waals surface area contributed by atoms with Crippen molar-refractivity contribution in [1.82, 2.24) is 10.2 Å². The molecule has 5 heteroatoms. The van der Waals surface area contributed by atoms with Crippen LogP contribution in [-0.4, -0.2) is 49.6 Å². The molecule has 0 radical (unpaired) electrons. The molecule has 2 fully saturated rings. The Balaban J connectivity index is 1.75. The summed E-state index contributed by atoms with van der Waals surface area (Å²) in [5.74, 6) is -0.0589. The van der Waals surface area contributed by atoms with Gasteiger partial charge in [-0.2, -0.15) is 0 Å². The van der Waals surface area contributed by atoms with Gasteiger partial charge in [-0.3, -0.25) is 9.69 Å². The molecule has 1 unspecified atom stereocenters. The minimum absolute atomic E-state index is 0.0589. The molecular formula is C16H24N4O. The smallest absolute Gasteiger partial charge is 0.251 e. The average molecular weight is 288 g/mol. The van der Waals surface area contributed by atoms with Gasteiger partial charge >= 0.3 is 0 Å². The third-order valence-electron chi connectivity index (χ3n) is 4.56. The molecule has 0 spiro atoms. The highest BCUT2D eigenvalue weighted by atomic mass is 16.1. The number of amides is 1. The van der Waals surface area contributed by atoms with E-state index in [1.807, 2.05) is 19.1 Å². The van der Waals surface area contributed by atoms with Crippen LogP contribution < -0.4 is 16.0 Å². The molecule has 2 aliphatic rings. The summed E-state index contributed by atoms with van der Waals surface area (Å²) in [4.78, 5) is 16.8. The number of carbonyl (C=O) groups excluding carboxylic acids is 1. The number of hydrogen-bond donors (Lipinski definition) is 2. The summed E-state index contributed by atoms with van der Waals surface area (Å²) in [6, 6.07) is 6.32. The van der Waals surface area contributed by atoms with Gasteiger partial charge in [0.1, 0.15) is 0 Å². The largest absolute Gasteiger partial charge is 0.397 e. The highest BCUT2D eigenvalue weighted by molar-refractivity contribution is 5.96. The second-order valence-corrected chi connectivity index (χ2v) is 5.91. The zero-order chi connectivity index (χ0) is 14.8. The fourth-order valence-electron chi connectivity index (χ4n) is 3.46. The molecule has 2 heterocycles. The second kappa shape index (κ2) is 5.93. The number of nitrogen functional groups attached to an aromatic ring is 1. The quantitative estimate of drug-likeness (QED) is 0.823. The maximum atomic E-state index is 11.8. The molecule has 1 aromatic rings. The van der Waals surface area contributed by atoms with E-state index in [0.717, 1.165) is 25.3 Å². The molecular weight excluding hydrogens is 264 g/mol. The number of hydrogen-bond acceptors (Lipinski definition) is 4. The van der Waals surface area contributed by atoms with Gasteiger partial charge in [0.2, 0.25) is 0 Å². The molecule has 1 atom stereocenters.